The number of rotatable bonds is 9. The lowest BCUT2D eigenvalue weighted by Crippen LogP contribution is -2.11. The van der Waals surface area contributed by atoms with Crippen LogP contribution in [0.1, 0.15) is 52.9 Å². The fraction of sp³-hybridized carbons (Fsp3) is 0.714. The minimum atomic E-state index is 0.670. The van der Waals surface area contributed by atoms with E-state index in [9.17, 15) is 0 Å². The molecule has 0 saturated heterocycles. The Morgan fingerprint density at radius 2 is 1.93 bits per heavy atom. The number of nitrogens with zero attached hydrogens (tertiary/aromatic N) is 1. The van der Waals surface area contributed by atoms with Gasteiger partial charge >= 0.3 is 0 Å². The molecule has 0 bridgehead atoms. The maximum atomic E-state index is 3.84. The third-order valence-electron chi connectivity index (χ3n) is 2.75. The van der Waals surface area contributed by atoms with Crippen molar-refractivity contribution in [2.75, 3.05) is 6.54 Å². The maximum absolute atomic E-state index is 3.84. The van der Waals surface area contributed by atoms with Crippen molar-refractivity contribution in [3.8, 4) is 0 Å². The third kappa shape index (κ3) is 8.29. The van der Waals surface area contributed by atoms with Crippen molar-refractivity contribution >= 4 is 0 Å². The van der Waals surface area contributed by atoms with Crippen molar-refractivity contribution in [2.24, 2.45) is 5.92 Å². The molecule has 15 heavy (non-hydrogen) atoms. The molecule has 1 heteroatoms. The van der Waals surface area contributed by atoms with Crippen molar-refractivity contribution < 1.29 is 0 Å². The minimum Gasteiger partial charge on any atom is -0.355 e. The molecule has 0 saturated carbocycles. The monoisotopic (exact) mass is 209 g/mol. The smallest absolute Gasteiger partial charge is 0.0219 e. The Hall–Kier alpha value is -0.720. The molecule has 1 nitrogen and oxygen atoms in total. The molecule has 1 atom stereocenters. The predicted molar refractivity (Wildman–Crippen MR) is 69.6 cm³/mol. The second kappa shape index (κ2) is 9.82. The first-order valence-electron chi connectivity index (χ1n) is 6.31. The highest BCUT2D eigenvalue weighted by molar-refractivity contribution is 4.90. The summed E-state index contributed by atoms with van der Waals surface area (Å²) in [5.74, 6) is 0.670. The van der Waals surface area contributed by atoms with Crippen molar-refractivity contribution in [1.29, 1.82) is 0 Å². The number of allylic oxidation sites excluding steroid dienone is 1. The number of hydrogen-bond acceptors (Lipinski definition) is 1. The van der Waals surface area contributed by atoms with E-state index in [0.717, 1.165) is 6.54 Å². The number of unbranched alkanes of at least 4 members (excludes halogenated alkanes) is 3. The van der Waals surface area contributed by atoms with Crippen LogP contribution in [0.3, 0.4) is 0 Å². The minimum absolute atomic E-state index is 0.670. The molecule has 0 aliphatic carbocycles. The van der Waals surface area contributed by atoms with E-state index in [0.29, 0.717) is 5.92 Å². The molecule has 0 amide bonds. The zero-order valence-corrected chi connectivity index (χ0v) is 10.7. The van der Waals surface area contributed by atoms with Crippen LogP contribution in [0.2, 0.25) is 0 Å². The maximum Gasteiger partial charge on any atom is 0.0219 e. The number of hydrogen-bond donors (Lipinski definition) is 0. The van der Waals surface area contributed by atoms with Gasteiger partial charge in [-0.15, -0.1) is 0 Å². The van der Waals surface area contributed by atoms with Crippen LogP contribution in [0.25, 0.3) is 0 Å². The lowest BCUT2D eigenvalue weighted by molar-refractivity contribution is 0.467. The van der Waals surface area contributed by atoms with E-state index in [4.69, 9.17) is 0 Å². The molecule has 0 aromatic rings. The molecule has 0 aliphatic heterocycles. The summed E-state index contributed by atoms with van der Waals surface area (Å²) < 4.78 is 0. The zero-order valence-electron chi connectivity index (χ0n) is 10.7. The lowest BCUT2D eigenvalue weighted by atomic mass is 10.1. The quantitative estimate of drug-likeness (QED) is 0.503. The first-order chi connectivity index (χ1) is 7.24. The fourth-order valence-corrected chi connectivity index (χ4v) is 1.34. The average Bonchev–Trinajstić information content (AvgIpc) is 2.27. The molecular formula is C14H27N. The van der Waals surface area contributed by atoms with E-state index in [1.165, 1.54) is 32.1 Å². The van der Waals surface area contributed by atoms with Gasteiger partial charge in [0.25, 0.3) is 0 Å². The summed E-state index contributed by atoms with van der Waals surface area (Å²) in [5, 5.41) is 0. The van der Waals surface area contributed by atoms with Gasteiger partial charge in [-0.2, -0.15) is 0 Å². The molecule has 1 unspecified atom stereocenters. The highest BCUT2D eigenvalue weighted by atomic mass is 15.1. The van der Waals surface area contributed by atoms with Gasteiger partial charge in [-0.05, 0) is 24.7 Å². The summed E-state index contributed by atoms with van der Waals surface area (Å²) >= 11 is 0. The molecule has 0 radical (unpaired) electrons. The van der Waals surface area contributed by atoms with E-state index in [-0.39, 0.29) is 0 Å². The van der Waals surface area contributed by atoms with Gasteiger partial charge in [-0.3, -0.25) is 0 Å². The largest absolute Gasteiger partial charge is 0.355 e. The van der Waals surface area contributed by atoms with Gasteiger partial charge in [0.2, 0.25) is 0 Å². The molecular weight excluding hydrogens is 182 g/mol. The normalized spacial score (nSPS) is 13.0. The Bertz CT molecular complexity index is 172. The molecule has 0 spiro atoms. The Morgan fingerprint density at radius 3 is 2.47 bits per heavy atom. The van der Waals surface area contributed by atoms with Gasteiger partial charge in [-0.1, -0.05) is 59.1 Å². The molecule has 0 aliphatic rings. The van der Waals surface area contributed by atoms with Crippen molar-refractivity contribution in [3.05, 3.63) is 25.1 Å². The molecule has 0 heterocycles. The van der Waals surface area contributed by atoms with Crippen LogP contribution in [0.4, 0.5) is 0 Å². The summed E-state index contributed by atoms with van der Waals surface area (Å²) in [7, 11) is 0. The van der Waals surface area contributed by atoms with Crippen LogP contribution in [-0.4, -0.2) is 11.4 Å². The third-order valence-corrected chi connectivity index (χ3v) is 2.75. The van der Waals surface area contributed by atoms with Crippen molar-refractivity contribution in [1.82, 2.24) is 4.90 Å². The van der Waals surface area contributed by atoms with E-state index in [1.54, 1.807) is 0 Å². The summed E-state index contributed by atoms with van der Waals surface area (Å²) in [4.78, 5) is 2.20. The van der Waals surface area contributed by atoms with Gasteiger partial charge in [0.1, 0.15) is 0 Å². The average molecular weight is 209 g/mol. The van der Waals surface area contributed by atoms with Crippen LogP contribution in [0, 0.1) is 5.92 Å². The van der Waals surface area contributed by atoms with E-state index >= 15 is 0 Å². The summed E-state index contributed by atoms with van der Waals surface area (Å²) in [6.07, 6.45) is 12.8. The summed E-state index contributed by atoms with van der Waals surface area (Å²) in [5.41, 5.74) is 0. The molecule has 0 aromatic heterocycles. The molecule has 0 aromatic carbocycles. The first-order valence-corrected chi connectivity index (χ1v) is 6.31. The Morgan fingerprint density at radius 1 is 1.20 bits per heavy atom. The van der Waals surface area contributed by atoms with E-state index in [2.05, 4.69) is 44.5 Å². The van der Waals surface area contributed by atoms with Crippen LogP contribution in [-0.2, 0) is 0 Å². The lowest BCUT2D eigenvalue weighted by Gasteiger charge is -2.15. The zero-order chi connectivity index (χ0) is 11.5. The standard InChI is InChI=1S/C14H27N/c1-5-8-9-10-12-15(7-3)13-11-14(4)6-2/h7,11,13-14H,3,5-6,8-10,12H2,1-2,4H3/b13-11-. The van der Waals surface area contributed by atoms with Crippen LogP contribution >= 0.6 is 0 Å². The fourth-order valence-electron chi connectivity index (χ4n) is 1.34. The first kappa shape index (κ1) is 14.3. The van der Waals surface area contributed by atoms with Gasteiger partial charge in [-0.25, -0.2) is 0 Å². The molecule has 88 valence electrons. The van der Waals surface area contributed by atoms with Crippen LogP contribution < -0.4 is 0 Å². The van der Waals surface area contributed by atoms with Gasteiger partial charge in [0.15, 0.2) is 0 Å². The Kier molecular flexibility index (Phi) is 9.35. The Labute approximate surface area is 95.9 Å². The topological polar surface area (TPSA) is 3.24 Å². The van der Waals surface area contributed by atoms with Crippen molar-refractivity contribution in [3.63, 3.8) is 0 Å². The molecule has 0 fully saturated rings. The highest BCUT2D eigenvalue weighted by Crippen LogP contribution is 2.06. The SMILES string of the molecule is C=CN(/C=C\C(C)CC)CCCCCC. The Balaban J connectivity index is 3.72. The van der Waals surface area contributed by atoms with Crippen LogP contribution in [0.15, 0.2) is 25.1 Å². The molecule has 0 rings (SSSR count). The van der Waals surface area contributed by atoms with Gasteiger partial charge in [0.05, 0.1) is 0 Å². The predicted octanol–water partition coefficient (Wildman–Crippen LogP) is 4.57. The van der Waals surface area contributed by atoms with E-state index in [1.807, 2.05) is 6.20 Å². The highest BCUT2D eigenvalue weighted by Gasteiger charge is 1.95. The summed E-state index contributed by atoms with van der Waals surface area (Å²) in [6, 6.07) is 0. The second-order valence-corrected chi connectivity index (χ2v) is 4.21. The van der Waals surface area contributed by atoms with Crippen molar-refractivity contribution in [2.45, 2.75) is 52.9 Å². The van der Waals surface area contributed by atoms with Gasteiger partial charge < -0.3 is 4.90 Å². The van der Waals surface area contributed by atoms with Crippen LogP contribution in [0.5, 0.6) is 0 Å². The summed E-state index contributed by atoms with van der Waals surface area (Å²) in [6.45, 7) is 11.7. The molecule has 0 N–H and O–H groups in total. The second-order valence-electron chi connectivity index (χ2n) is 4.21. The van der Waals surface area contributed by atoms with Gasteiger partial charge in [0, 0.05) is 6.54 Å². The van der Waals surface area contributed by atoms with E-state index < -0.39 is 0 Å².